The van der Waals surface area contributed by atoms with E-state index in [0.717, 1.165) is 22.6 Å². The van der Waals surface area contributed by atoms with E-state index < -0.39 is 0 Å². The van der Waals surface area contributed by atoms with Gasteiger partial charge < -0.3 is 14.2 Å². The summed E-state index contributed by atoms with van der Waals surface area (Å²) >= 11 is 0. The summed E-state index contributed by atoms with van der Waals surface area (Å²) in [6.07, 6.45) is 1.71. The fourth-order valence-corrected chi connectivity index (χ4v) is 1.73. The number of hydrogen-bond acceptors (Lipinski definition) is 4. The van der Waals surface area contributed by atoms with Crippen molar-refractivity contribution in [3.05, 3.63) is 23.3 Å². The zero-order valence-electron chi connectivity index (χ0n) is 12.4. The number of benzene rings is 1. The third-order valence-electron chi connectivity index (χ3n) is 2.85. The first-order valence-corrected chi connectivity index (χ1v) is 6.40. The molecule has 0 aliphatic heterocycles. The van der Waals surface area contributed by atoms with Crippen molar-refractivity contribution < 1.29 is 19.0 Å². The van der Waals surface area contributed by atoms with Crippen LogP contribution >= 0.6 is 0 Å². The van der Waals surface area contributed by atoms with Crippen molar-refractivity contribution >= 4 is 5.97 Å². The summed E-state index contributed by atoms with van der Waals surface area (Å²) in [6, 6.07) is 3.76. The molecular formula is C16H20O4. The Bertz CT molecular complexity index is 523. The van der Waals surface area contributed by atoms with Crippen LogP contribution in [0.15, 0.2) is 12.1 Å². The van der Waals surface area contributed by atoms with Gasteiger partial charge in [-0.3, -0.25) is 4.79 Å². The zero-order chi connectivity index (χ0) is 15.0. The van der Waals surface area contributed by atoms with E-state index in [1.807, 2.05) is 19.1 Å². The van der Waals surface area contributed by atoms with Crippen LogP contribution in [0.5, 0.6) is 11.5 Å². The van der Waals surface area contributed by atoms with Gasteiger partial charge in [-0.2, -0.15) is 0 Å². The molecule has 0 radical (unpaired) electrons. The maximum Gasteiger partial charge on any atom is 0.305 e. The molecule has 4 heteroatoms. The molecule has 0 bridgehead atoms. The van der Waals surface area contributed by atoms with E-state index in [9.17, 15) is 4.79 Å². The number of carbonyl (C=O) groups excluding carboxylic acids is 1. The Morgan fingerprint density at radius 1 is 1.15 bits per heavy atom. The quantitative estimate of drug-likeness (QED) is 0.471. The zero-order valence-corrected chi connectivity index (χ0v) is 12.4. The molecule has 0 amide bonds. The van der Waals surface area contributed by atoms with Gasteiger partial charge in [-0.25, -0.2) is 0 Å². The second kappa shape index (κ2) is 8.11. The first kappa shape index (κ1) is 15.9. The summed E-state index contributed by atoms with van der Waals surface area (Å²) in [5, 5.41) is 0. The number of carbonyl (C=O) groups is 1. The second-order valence-electron chi connectivity index (χ2n) is 4.25. The normalized spacial score (nSPS) is 9.40. The average Bonchev–Trinajstić information content (AvgIpc) is 2.47. The van der Waals surface area contributed by atoms with Gasteiger partial charge in [0, 0.05) is 12.8 Å². The Morgan fingerprint density at radius 2 is 1.85 bits per heavy atom. The van der Waals surface area contributed by atoms with Crippen LogP contribution in [0.4, 0.5) is 0 Å². The third-order valence-corrected chi connectivity index (χ3v) is 2.85. The lowest BCUT2D eigenvalue weighted by Crippen LogP contribution is -1.98. The molecule has 108 valence electrons. The van der Waals surface area contributed by atoms with Crippen molar-refractivity contribution in [2.75, 3.05) is 21.3 Å². The fourth-order valence-electron chi connectivity index (χ4n) is 1.73. The highest BCUT2D eigenvalue weighted by atomic mass is 16.5. The minimum Gasteiger partial charge on any atom is -0.496 e. The van der Waals surface area contributed by atoms with Crippen molar-refractivity contribution in [1.82, 2.24) is 0 Å². The van der Waals surface area contributed by atoms with Gasteiger partial charge in [0.1, 0.15) is 11.5 Å². The molecule has 0 fully saturated rings. The highest BCUT2D eigenvalue weighted by Crippen LogP contribution is 2.27. The summed E-state index contributed by atoms with van der Waals surface area (Å²) in [6.45, 7) is 1.95. The second-order valence-corrected chi connectivity index (χ2v) is 4.25. The van der Waals surface area contributed by atoms with E-state index in [0.29, 0.717) is 19.3 Å². The first-order chi connectivity index (χ1) is 9.62. The van der Waals surface area contributed by atoms with Gasteiger partial charge in [0.15, 0.2) is 0 Å². The molecule has 0 spiro atoms. The van der Waals surface area contributed by atoms with Crippen molar-refractivity contribution in [2.24, 2.45) is 0 Å². The minimum atomic E-state index is -0.207. The standard InChI is InChI=1S/C16H20O4/c1-12-10-15(19-3)13(11-14(12)18-2)8-6-5-7-9-16(17)20-4/h10-11H,5,7,9H2,1-4H3. The van der Waals surface area contributed by atoms with Gasteiger partial charge in [0.05, 0.1) is 26.9 Å². The molecule has 0 heterocycles. The molecule has 0 saturated heterocycles. The van der Waals surface area contributed by atoms with Crippen LogP contribution < -0.4 is 9.47 Å². The summed E-state index contributed by atoms with van der Waals surface area (Å²) in [5.74, 6) is 7.38. The highest BCUT2D eigenvalue weighted by molar-refractivity contribution is 5.69. The molecule has 0 unspecified atom stereocenters. The molecule has 0 aromatic heterocycles. The smallest absolute Gasteiger partial charge is 0.305 e. The Balaban J connectivity index is 2.74. The Labute approximate surface area is 120 Å². The third kappa shape index (κ3) is 4.51. The number of hydrogen-bond donors (Lipinski definition) is 0. The fraction of sp³-hybridized carbons (Fsp3) is 0.438. The number of ether oxygens (including phenoxy) is 3. The predicted octanol–water partition coefficient (Wildman–Crippen LogP) is 2.71. The van der Waals surface area contributed by atoms with Crippen molar-refractivity contribution in [2.45, 2.75) is 26.2 Å². The lowest BCUT2D eigenvalue weighted by Gasteiger charge is -2.09. The molecule has 4 nitrogen and oxygen atoms in total. The van der Waals surface area contributed by atoms with E-state index in [1.54, 1.807) is 14.2 Å². The summed E-state index contributed by atoms with van der Waals surface area (Å²) in [4.78, 5) is 11.0. The van der Waals surface area contributed by atoms with E-state index >= 15 is 0 Å². The first-order valence-electron chi connectivity index (χ1n) is 6.40. The molecule has 0 N–H and O–H groups in total. The van der Waals surface area contributed by atoms with Gasteiger partial charge in [-0.05, 0) is 31.0 Å². The van der Waals surface area contributed by atoms with E-state index in [-0.39, 0.29) is 5.97 Å². The molecule has 0 atom stereocenters. The Kier molecular flexibility index (Phi) is 6.45. The van der Waals surface area contributed by atoms with Gasteiger partial charge in [-0.1, -0.05) is 11.8 Å². The Hall–Kier alpha value is -2.15. The van der Waals surface area contributed by atoms with Crippen LogP contribution in [0.1, 0.15) is 30.4 Å². The monoisotopic (exact) mass is 276 g/mol. The van der Waals surface area contributed by atoms with E-state index in [1.165, 1.54) is 7.11 Å². The van der Waals surface area contributed by atoms with Gasteiger partial charge in [-0.15, -0.1) is 0 Å². The largest absolute Gasteiger partial charge is 0.496 e. The van der Waals surface area contributed by atoms with Crippen LogP contribution in [0.2, 0.25) is 0 Å². The topological polar surface area (TPSA) is 44.8 Å². The maximum atomic E-state index is 11.0. The van der Waals surface area contributed by atoms with Crippen LogP contribution in [0.25, 0.3) is 0 Å². The van der Waals surface area contributed by atoms with Crippen molar-refractivity contribution in [3.8, 4) is 23.3 Å². The Morgan fingerprint density at radius 3 is 2.45 bits per heavy atom. The number of unbranched alkanes of at least 4 members (excludes halogenated alkanes) is 1. The number of rotatable bonds is 5. The van der Waals surface area contributed by atoms with Crippen LogP contribution in [0, 0.1) is 18.8 Å². The average molecular weight is 276 g/mol. The van der Waals surface area contributed by atoms with Crippen molar-refractivity contribution in [1.29, 1.82) is 0 Å². The van der Waals surface area contributed by atoms with Gasteiger partial charge in [0.2, 0.25) is 0 Å². The maximum absolute atomic E-state index is 11.0. The minimum absolute atomic E-state index is 0.207. The molecular weight excluding hydrogens is 256 g/mol. The van der Waals surface area contributed by atoms with Crippen LogP contribution in [-0.4, -0.2) is 27.3 Å². The molecule has 20 heavy (non-hydrogen) atoms. The number of aryl methyl sites for hydroxylation is 1. The van der Waals surface area contributed by atoms with Crippen LogP contribution in [0.3, 0.4) is 0 Å². The lowest BCUT2D eigenvalue weighted by atomic mass is 10.1. The number of esters is 1. The SMILES string of the molecule is COC(=O)CCCC#Cc1cc(OC)c(C)cc1OC. The molecule has 1 aromatic rings. The highest BCUT2D eigenvalue weighted by Gasteiger charge is 2.06. The molecule has 1 aromatic carbocycles. The molecule has 1 rings (SSSR count). The van der Waals surface area contributed by atoms with Gasteiger partial charge >= 0.3 is 5.97 Å². The summed E-state index contributed by atoms with van der Waals surface area (Å²) in [7, 11) is 4.63. The van der Waals surface area contributed by atoms with Crippen molar-refractivity contribution in [3.63, 3.8) is 0 Å². The molecule has 0 aliphatic carbocycles. The molecule has 0 aliphatic rings. The lowest BCUT2D eigenvalue weighted by molar-refractivity contribution is -0.140. The number of methoxy groups -OCH3 is 3. The van der Waals surface area contributed by atoms with E-state index in [4.69, 9.17) is 9.47 Å². The summed E-state index contributed by atoms with van der Waals surface area (Å²) in [5.41, 5.74) is 1.79. The van der Waals surface area contributed by atoms with E-state index in [2.05, 4.69) is 16.6 Å². The molecule has 0 saturated carbocycles. The van der Waals surface area contributed by atoms with Gasteiger partial charge in [0.25, 0.3) is 0 Å². The summed E-state index contributed by atoms with van der Waals surface area (Å²) < 4.78 is 15.2. The predicted molar refractivity (Wildman–Crippen MR) is 77.0 cm³/mol. The van der Waals surface area contributed by atoms with Crippen LogP contribution in [-0.2, 0) is 9.53 Å².